The van der Waals surface area contributed by atoms with E-state index in [0.29, 0.717) is 0 Å². The molecule has 2 aromatic rings. The van der Waals surface area contributed by atoms with Crippen molar-refractivity contribution in [2.75, 3.05) is 11.2 Å². The third-order valence-electron chi connectivity index (χ3n) is 3.31. The number of rotatable bonds is 2. The Hall–Kier alpha value is -1.81. The average molecular weight is 286 g/mol. The van der Waals surface area contributed by atoms with E-state index in [4.69, 9.17) is 0 Å². The maximum absolute atomic E-state index is 13.4. The number of hydrazone groups is 1. The van der Waals surface area contributed by atoms with Crippen LogP contribution >= 0.6 is 11.8 Å². The lowest BCUT2D eigenvalue weighted by Gasteiger charge is -2.17. The highest BCUT2D eigenvalue weighted by molar-refractivity contribution is 7.99. The number of para-hydroxylation sites is 1. The lowest BCUT2D eigenvalue weighted by atomic mass is 10.1. The van der Waals surface area contributed by atoms with Crippen molar-refractivity contribution < 1.29 is 4.39 Å². The van der Waals surface area contributed by atoms with Gasteiger partial charge in [-0.1, -0.05) is 18.2 Å². The van der Waals surface area contributed by atoms with E-state index >= 15 is 0 Å². The van der Waals surface area contributed by atoms with Crippen LogP contribution in [0.2, 0.25) is 0 Å². The molecule has 1 N–H and O–H groups in total. The number of aryl methyl sites for hydroxylation is 1. The smallest absolute Gasteiger partial charge is 0.123 e. The van der Waals surface area contributed by atoms with E-state index in [0.717, 1.165) is 39.6 Å². The maximum atomic E-state index is 13.4. The lowest BCUT2D eigenvalue weighted by molar-refractivity contribution is 0.626. The number of hydrogen-bond donors (Lipinski definition) is 1. The molecule has 0 amide bonds. The fourth-order valence-corrected chi connectivity index (χ4v) is 3.20. The van der Waals surface area contributed by atoms with Crippen molar-refractivity contribution in [1.29, 1.82) is 0 Å². The summed E-state index contributed by atoms with van der Waals surface area (Å²) in [5.74, 6) is 0.766. The quantitative estimate of drug-likeness (QED) is 0.825. The highest BCUT2D eigenvalue weighted by atomic mass is 32.2. The molecule has 0 spiro atoms. The van der Waals surface area contributed by atoms with Crippen LogP contribution in [0.1, 0.15) is 17.5 Å². The van der Waals surface area contributed by atoms with Crippen LogP contribution in [-0.2, 0) is 0 Å². The average Bonchev–Trinajstić information content (AvgIpc) is 2.46. The van der Waals surface area contributed by atoms with Gasteiger partial charge in [0.15, 0.2) is 0 Å². The molecule has 1 aliphatic heterocycles. The molecule has 0 unspecified atom stereocenters. The molecular formula is C16H15FN2S. The lowest BCUT2D eigenvalue weighted by Crippen LogP contribution is -2.12. The van der Waals surface area contributed by atoms with Crippen molar-refractivity contribution in [2.45, 2.75) is 18.2 Å². The Bertz CT molecular complexity index is 667. The van der Waals surface area contributed by atoms with E-state index in [2.05, 4.69) is 10.5 Å². The van der Waals surface area contributed by atoms with Gasteiger partial charge in [0.2, 0.25) is 0 Å². The standard InChI is InChI=1S/C16H15FN2S/c1-11-4-2-3-5-14(11)18-19-15-8-9-20-16-7-6-12(17)10-13(15)16/h2-7,10,18H,8-9H2,1H3. The van der Waals surface area contributed by atoms with Crippen molar-refractivity contribution in [3.05, 3.63) is 59.4 Å². The Morgan fingerprint density at radius 2 is 2.05 bits per heavy atom. The first-order chi connectivity index (χ1) is 9.74. The van der Waals surface area contributed by atoms with Crippen LogP contribution < -0.4 is 5.43 Å². The molecule has 0 radical (unpaired) electrons. The van der Waals surface area contributed by atoms with E-state index in [1.165, 1.54) is 6.07 Å². The number of anilines is 1. The number of halogens is 1. The molecule has 2 nitrogen and oxygen atoms in total. The summed E-state index contributed by atoms with van der Waals surface area (Å²) in [4.78, 5) is 1.10. The number of nitrogens with one attached hydrogen (secondary N) is 1. The number of hydrogen-bond acceptors (Lipinski definition) is 3. The van der Waals surface area contributed by atoms with Gasteiger partial charge in [0.05, 0.1) is 11.4 Å². The molecule has 4 heteroatoms. The van der Waals surface area contributed by atoms with Gasteiger partial charge in [-0.05, 0) is 36.8 Å². The van der Waals surface area contributed by atoms with Crippen LogP contribution in [0.4, 0.5) is 10.1 Å². The molecule has 0 atom stereocenters. The van der Waals surface area contributed by atoms with Crippen molar-refractivity contribution in [1.82, 2.24) is 0 Å². The minimum atomic E-state index is -0.213. The summed E-state index contributed by atoms with van der Waals surface area (Å²) >= 11 is 1.75. The summed E-state index contributed by atoms with van der Waals surface area (Å²) in [6.07, 6.45) is 0.847. The summed E-state index contributed by atoms with van der Waals surface area (Å²) in [5, 5.41) is 4.48. The van der Waals surface area contributed by atoms with Gasteiger partial charge in [-0.3, -0.25) is 5.43 Å². The molecule has 102 valence electrons. The summed E-state index contributed by atoms with van der Waals surface area (Å²) in [5.41, 5.74) is 7.05. The molecule has 0 fully saturated rings. The van der Waals surface area contributed by atoms with Gasteiger partial charge in [-0.25, -0.2) is 4.39 Å². The fraction of sp³-hybridized carbons (Fsp3) is 0.188. The number of fused-ring (bicyclic) bond motifs is 1. The Kier molecular flexibility index (Phi) is 3.74. The van der Waals surface area contributed by atoms with Gasteiger partial charge in [0, 0.05) is 22.6 Å². The maximum Gasteiger partial charge on any atom is 0.123 e. The molecule has 0 saturated carbocycles. The number of nitrogens with zero attached hydrogens (tertiary/aromatic N) is 1. The molecule has 0 bridgehead atoms. The first-order valence-electron chi connectivity index (χ1n) is 6.55. The minimum Gasteiger partial charge on any atom is -0.278 e. The van der Waals surface area contributed by atoms with E-state index in [-0.39, 0.29) is 5.82 Å². The van der Waals surface area contributed by atoms with Crippen LogP contribution in [0.15, 0.2) is 52.5 Å². The van der Waals surface area contributed by atoms with Crippen LogP contribution in [-0.4, -0.2) is 11.5 Å². The second kappa shape index (κ2) is 5.67. The third kappa shape index (κ3) is 2.70. The van der Waals surface area contributed by atoms with Gasteiger partial charge in [-0.15, -0.1) is 11.8 Å². The van der Waals surface area contributed by atoms with E-state index in [9.17, 15) is 4.39 Å². The molecule has 1 heterocycles. The van der Waals surface area contributed by atoms with Gasteiger partial charge in [0.1, 0.15) is 5.82 Å². The fourth-order valence-electron chi connectivity index (χ4n) is 2.19. The van der Waals surface area contributed by atoms with Crippen LogP contribution in [0.25, 0.3) is 0 Å². The summed E-state index contributed by atoms with van der Waals surface area (Å²) in [6.45, 7) is 2.03. The zero-order valence-corrected chi connectivity index (χ0v) is 12.0. The molecule has 2 aromatic carbocycles. The Balaban J connectivity index is 1.91. The predicted octanol–water partition coefficient (Wildman–Crippen LogP) is 4.45. The predicted molar refractivity (Wildman–Crippen MR) is 83.1 cm³/mol. The normalized spacial score (nSPS) is 16.0. The van der Waals surface area contributed by atoms with E-state index < -0.39 is 0 Å². The SMILES string of the molecule is Cc1ccccc1NN=C1CCSc2ccc(F)cc21. The monoisotopic (exact) mass is 286 g/mol. The largest absolute Gasteiger partial charge is 0.278 e. The topological polar surface area (TPSA) is 24.4 Å². The zero-order chi connectivity index (χ0) is 13.9. The number of benzene rings is 2. The molecule has 3 rings (SSSR count). The second-order valence-electron chi connectivity index (χ2n) is 4.72. The van der Waals surface area contributed by atoms with Gasteiger partial charge >= 0.3 is 0 Å². The second-order valence-corrected chi connectivity index (χ2v) is 5.86. The highest BCUT2D eigenvalue weighted by Crippen LogP contribution is 2.31. The molecule has 20 heavy (non-hydrogen) atoms. The van der Waals surface area contributed by atoms with Gasteiger partial charge in [-0.2, -0.15) is 5.10 Å². The van der Waals surface area contributed by atoms with Crippen molar-refractivity contribution in [3.8, 4) is 0 Å². The first-order valence-corrected chi connectivity index (χ1v) is 7.53. The van der Waals surface area contributed by atoms with E-state index in [1.807, 2.05) is 37.3 Å². The first kappa shape index (κ1) is 13.2. The van der Waals surface area contributed by atoms with Gasteiger partial charge in [0.25, 0.3) is 0 Å². The van der Waals surface area contributed by atoms with Crippen molar-refractivity contribution in [3.63, 3.8) is 0 Å². The van der Waals surface area contributed by atoms with Crippen molar-refractivity contribution in [2.24, 2.45) is 5.10 Å². The Morgan fingerprint density at radius 3 is 2.90 bits per heavy atom. The van der Waals surface area contributed by atoms with Gasteiger partial charge < -0.3 is 0 Å². The van der Waals surface area contributed by atoms with Crippen LogP contribution in [0.5, 0.6) is 0 Å². The van der Waals surface area contributed by atoms with E-state index in [1.54, 1.807) is 17.8 Å². The molecular weight excluding hydrogens is 271 g/mol. The highest BCUT2D eigenvalue weighted by Gasteiger charge is 2.16. The third-order valence-corrected chi connectivity index (χ3v) is 4.38. The Labute approximate surface area is 122 Å². The number of thioether (sulfide) groups is 1. The molecule has 0 saturated heterocycles. The van der Waals surface area contributed by atoms with Crippen LogP contribution in [0.3, 0.4) is 0 Å². The molecule has 0 aromatic heterocycles. The summed E-state index contributed by atoms with van der Waals surface area (Å²) < 4.78 is 13.4. The minimum absolute atomic E-state index is 0.213. The molecule has 0 aliphatic carbocycles. The summed E-state index contributed by atoms with van der Waals surface area (Å²) in [6, 6.07) is 12.9. The summed E-state index contributed by atoms with van der Waals surface area (Å²) in [7, 11) is 0. The Morgan fingerprint density at radius 1 is 1.20 bits per heavy atom. The molecule has 1 aliphatic rings. The van der Waals surface area contributed by atoms with Crippen molar-refractivity contribution >= 4 is 23.2 Å². The van der Waals surface area contributed by atoms with Crippen LogP contribution in [0, 0.1) is 12.7 Å². The zero-order valence-electron chi connectivity index (χ0n) is 11.2.